The molecule has 3 N–H and O–H groups in total. The molecule has 0 aliphatic carbocycles. The summed E-state index contributed by atoms with van der Waals surface area (Å²) >= 11 is 7.54. The number of halogens is 1. The molecule has 6 heteroatoms. The van der Waals surface area contributed by atoms with E-state index in [0.29, 0.717) is 16.7 Å². The van der Waals surface area contributed by atoms with Crippen LogP contribution in [0.3, 0.4) is 0 Å². The number of nitrogens with two attached hydrogens (primary N) is 1. The van der Waals surface area contributed by atoms with Crippen LogP contribution in [0.1, 0.15) is 5.56 Å². The largest absolute Gasteiger partial charge is 0.480 e. The van der Waals surface area contributed by atoms with Crippen molar-refractivity contribution in [1.29, 1.82) is 0 Å². The van der Waals surface area contributed by atoms with Gasteiger partial charge in [-0.15, -0.1) is 0 Å². The standard InChI is InChI=1S/C13H13ClN2O2S/c14-12-9(6-19-7-10(15)13(17)18)5-8-3-1-2-4-11(8)16-12/h1-5,10H,6-7,15H2,(H,17,18)/t10-/m0/s1. The van der Waals surface area contributed by atoms with Gasteiger partial charge in [0.1, 0.15) is 11.2 Å². The fraction of sp³-hybridized carbons (Fsp3) is 0.231. The van der Waals surface area contributed by atoms with Crippen LogP contribution in [0.5, 0.6) is 0 Å². The zero-order chi connectivity index (χ0) is 13.8. The number of nitrogens with zero attached hydrogens (tertiary/aromatic N) is 1. The first kappa shape index (κ1) is 14.1. The number of para-hydroxylation sites is 1. The average Bonchev–Trinajstić information content (AvgIpc) is 2.39. The van der Waals surface area contributed by atoms with Crippen molar-refractivity contribution in [3.63, 3.8) is 0 Å². The van der Waals surface area contributed by atoms with Gasteiger partial charge in [0.2, 0.25) is 0 Å². The second-order valence-corrected chi connectivity index (χ2v) is 5.48. The molecule has 0 spiro atoms. The third-order valence-corrected chi connectivity index (χ3v) is 4.06. The zero-order valence-electron chi connectivity index (χ0n) is 10.0. The van der Waals surface area contributed by atoms with Crippen LogP contribution in [0.2, 0.25) is 5.15 Å². The molecule has 1 aromatic heterocycles. The van der Waals surface area contributed by atoms with Crippen LogP contribution in [-0.2, 0) is 10.5 Å². The van der Waals surface area contributed by atoms with Gasteiger partial charge in [-0.1, -0.05) is 29.8 Å². The summed E-state index contributed by atoms with van der Waals surface area (Å²) in [5.41, 5.74) is 7.18. The van der Waals surface area contributed by atoms with Gasteiger partial charge in [0.15, 0.2) is 0 Å². The number of carboxylic acids is 1. The number of pyridine rings is 1. The summed E-state index contributed by atoms with van der Waals surface area (Å²) in [6.45, 7) is 0. The molecular formula is C13H13ClN2O2S. The molecule has 0 aliphatic heterocycles. The van der Waals surface area contributed by atoms with Crippen molar-refractivity contribution in [1.82, 2.24) is 4.98 Å². The molecule has 0 saturated carbocycles. The lowest BCUT2D eigenvalue weighted by Crippen LogP contribution is -2.32. The van der Waals surface area contributed by atoms with Crippen molar-refractivity contribution in [2.45, 2.75) is 11.8 Å². The fourth-order valence-electron chi connectivity index (χ4n) is 1.60. The lowest BCUT2D eigenvalue weighted by Gasteiger charge is -2.08. The molecule has 0 bridgehead atoms. The van der Waals surface area contributed by atoms with E-state index in [1.807, 2.05) is 30.3 Å². The van der Waals surface area contributed by atoms with Gasteiger partial charge in [-0.05, 0) is 12.1 Å². The number of aliphatic carboxylic acids is 1. The van der Waals surface area contributed by atoms with Crippen molar-refractivity contribution >= 4 is 40.2 Å². The van der Waals surface area contributed by atoms with E-state index >= 15 is 0 Å². The molecule has 0 unspecified atom stereocenters. The lowest BCUT2D eigenvalue weighted by atomic mass is 10.2. The number of rotatable bonds is 5. The van der Waals surface area contributed by atoms with E-state index in [0.717, 1.165) is 16.5 Å². The molecule has 0 saturated heterocycles. The fourth-order valence-corrected chi connectivity index (χ4v) is 2.85. The van der Waals surface area contributed by atoms with E-state index in [4.69, 9.17) is 22.4 Å². The molecule has 0 amide bonds. The molecule has 1 atom stereocenters. The van der Waals surface area contributed by atoms with Gasteiger partial charge in [-0.2, -0.15) is 11.8 Å². The minimum Gasteiger partial charge on any atom is -0.480 e. The van der Waals surface area contributed by atoms with Gasteiger partial charge in [-0.3, -0.25) is 4.79 Å². The van der Waals surface area contributed by atoms with Crippen LogP contribution in [0, 0.1) is 0 Å². The van der Waals surface area contributed by atoms with Crippen molar-refractivity contribution in [3.8, 4) is 0 Å². The van der Waals surface area contributed by atoms with Gasteiger partial charge in [0.25, 0.3) is 0 Å². The monoisotopic (exact) mass is 296 g/mol. The Balaban J connectivity index is 2.08. The SMILES string of the molecule is N[C@@H](CSCc1cc2ccccc2nc1Cl)C(=O)O. The Bertz CT molecular complexity index is 606. The van der Waals surface area contributed by atoms with E-state index in [-0.39, 0.29) is 0 Å². The quantitative estimate of drug-likeness (QED) is 0.829. The number of aromatic nitrogens is 1. The Morgan fingerprint density at radius 1 is 1.47 bits per heavy atom. The third-order valence-electron chi connectivity index (χ3n) is 2.62. The molecule has 2 rings (SSSR count). The summed E-state index contributed by atoms with van der Waals surface area (Å²) in [4.78, 5) is 14.9. The predicted octanol–water partition coefficient (Wildman–Crippen LogP) is 2.53. The first-order valence-electron chi connectivity index (χ1n) is 5.68. The Labute approximate surface area is 120 Å². The molecule has 2 aromatic rings. The number of thioether (sulfide) groups is 1. The summed E-state index contributed by atoms with van der Waals surface area (Å²) in [7, 11) is 0. The van der Waals surface area contributed by atoms with Crippen molar-refractivity contribution in [2.75, 3.05) is 5.75 Å². The van der Waals surface area contributed by atoms with E-state index in [1.54, 1.807) is 0 Å². The molecule has 1 heterocycles. The molecule has 0 radical (unpaired) electrons. The second-order valence-electron chi connectivity index (χ2n) is 4.09. The minimum absolute atomic E-state index is 0.346. The van der Waals surface area contributed by atoms with Gasteiger partial charge < -0.3 is 10.8 Å². The van der Waals surface area contributed by atoms with Crippen LogP contribution in [0.25, 0.3) is 10.9 Å². The van der Waals surface area contributed by atoms with Crippen LogP contribution >= 0.6 is 23.4 Å². The maximum Gasteiger partial charge on any atom is 0.321 e. The van der Waals surface area contributed by atoms with Gasteiger partial charge >= 0.3 is 5.97 Å². The van der Waals surface area contributed by atoms with Crippen LogP contribution in [-0.4, -0.2) is 27.9 Å². The number of carboxylic acid groups (broad SMARTS) is 1. The lowest BCUT2D eigenvalue weighted by molar-refractivity contribution is -0.137. The summed E-state index contributed by atoms with van der Waals surface area (Å²) in [5, 5.41) is 10.2. The van der Waals surface area contributed by atoms with Gasteiger partial charge in [-0.25, -0.2) is 4.98 Å². The number of carbonyl (C=O) groups is 1. The topological polar surface area (TPSA) is 76.2 Å². The van der Waals surface area contributed by atoms with Crippen molar-refractivity contribution < 1.29 is 9.90 Å². The van der Waals surface area contributed by atoms with Gasteiger partial charge in [0.05, 0.1) is 5.52 Å². The Hall–Kier alpha value is -1.30. The average molecular weight is 297 g/mol. The molecule has 19 heavy (non-hydrogen) atoms. The highest BCUT2D eigenvalue weighted by molar-refractivity contribution is 7.98. The zero-order valence-corrected chi connectivity index (χ0v) is 11.6. The Morgan fingerprint density at radius 2 is 2.21 bits per heavy atom. The predicted molar refractivity (Wildman–Crippen MR) is 78.5 cm³/mol. The highest BCUT2D eigenvalue weighted by atomic mass is 35.5. The first-order chi connectivity index (χ1) is 9.08. The normalized spacial score (nSPS) is 12.5. The number of hydrogen-bond acceptors (Lipinski definition) is 4. The van der Waals surface area contributed by atoms with E-state index in [9.17, 15) is 4.79 Å². The summed E-state index contributed by atoms with van der Waals surface area (Å²) in [6, 6.07) is 8.84. The summed E-state index contributed by atoms with van der Waals surface area (Å²) in [6.07, 6.45) is 0. The maximum atomic E-state index is 10.6. The molecule has 100 valence electrons. The Morgan fingerprint density at radius 3 is 2.95 bits per heavy atom. The first-order valence-corrected chi connectivity index (χ1v) is 7.21. The van der Waals surface area contributed by atoms with E-state index in [1.165, 1.54) is 11.8 Å². The van der Waals surface area contributed by atoms with E-state index in [2.05, 4.69) is 4.98 Å². The smallest absolute Gasteiger partial charge is 0.321 e. The maximum absolute atomic E-state index is 10.6. The second kappa shape index (κ2) is 6.23. The highest BCUT2D eigenvalue weighted by Crippen LogP contribution is 2.24. The van der Waals surface area contributed by atoms with Crippen molar-refractivity contribution in [3.05, 3.63) is 41.0 Å². The molecule has 1 aromatic carbocycles. The third kappa shape index (κ3) is 3.59. The molecule has 0 aliphatic rings. The van der Waals surface area contributed by atoms with Crippen molar-refractivity contribution in [2.24, 2.45) is 5.73 Å². The minimum atomic E-state index is -0.991. The summed E-state index contributed by atoms with van der Waals surface area (Å²) < 4.78 is 0. The highest BCUT2D eigenvalue weighted by Gasteiger charge is 2.12. The van der Waals surface area contributed by atoms with E-state index < -0.39 is 12.0 Å². The van der Waals surface area contributed by atoms with Crippen LogP contribution in [0.15, 0.2) is 30.3 Å². The Kier molecular flexibility index (Phi) is 4.63. The van der Waals surface area contributed by atoms with Gasteiger partial charge in [0, 0.05) is 22.5 Å². The molecule has 0 fully saturated rings. The number of hydrogen-bond donors (Lipinski definition) is 2. The van der Waals surface area contributed by atoms with Crippen LogP contribution < -0.4 is 5.73 Å². The number of fused-ring (bicyclic) bond motifs is 1. The molecule has 4 nitrogen and oxygen atoms in total. The van der Waals surface area contributed by atoms with Crippen LogP contribution in [0.4, 0.5) is 0 Å². The molecular weight excluding hydrogens is 284 g/mol. The number of benzene rings is 1. The summed E-state index contributed by atoms with van der Waals surface area (Å²) in [5.74, 6) is -0.0499.